The van der Waals surface area contributed by atoms with E-state index in [9.17, 15) is 4.79 Å². The van der Waals surface area contributed by atoms with Gasteiger partial charge in [-0.3, -0.25) is 9.69 Å². The molecule has 0 saturated carbocycles. The van der Waals surface area contributed by atoms with Crippen LogP contribution in [0.25, 0.3) is 0 Å². The summed E-state index contributed by atoms with van der Waals surface area (Å²) >= 11 is 0. The van der Waals surface area contributed by atoms with Crippen LogP contribution in [0.1, 0.15) is 60.8 Å². The first-order chi connectivity index (χ1) is 9.69. The molecule has 0 spiro atoms. The van der Waals surface area contributed by atoms with Gasteiger partial charge in [-0.25, -0.2) is 0 Å². The summed E-state index contributed by atoms with van der Waals surface area (Å²) < 4.78 is 0. The van der Waals surface area contributed by atoms with E-state index in [2.05, 4.69) is 51.4 Å². The summed E-state index contributed by atoms with van der Waals surface area (Å²) in [7, 11) is 0. The maximum Gasteiger partial charge on any atom is 0.223 e. The Balaban J connectivity index is 4.00. The largest absolute Gasteiger partial charge is 0.353 e. The molecule has 0 rings (SSSR count). The lowest BCUT2D eigenvalue weighted by Crippen LogP contribution is -2.38. The fourth-order valence-corrected chi connectivity index (χ4v) is 2.65. The molecular weight excluding hydrogens is 260 g/mol. The van der Waals surface area contributed by atoms with Crippen LogP contribution in [0.15, 0.2) is 12.7 Å². The summed E-state index contributed by atoms with van der Waals surface area (Å²) in [5, 5.41) is 3.15. The van der Waals surface area contributed by atoms with Crippen molar-refractivity contribution in [3.63, 3.8) is 0 Å². The third kappa shape index (κ3) is 10.5. The highest BCUT2D eigenvalue weighted by molar-refractivity contribution is 5.78. The molecule has 3 heteroatoms. The van der Waals surface area contributed by atoms with Crippen molar-refractivity contribution in [1.29, 1.82) is 0 Å². The Hall–Kier alpha value is -0.830. The summed E-state index contributed by atoms with van der Waals surface area (Å²) in [5.74, 6) is 0.274. The maximum absolute atomic E-state index is 12.2. The highest BCUT2D eigenvalue weighted by Gasteiger charge is 2.21. The average Bonchev–Trinajstić information content (AvgIpc) is 2.35. The third-order valence-electron chi connectivity index (χ3n) is 3.70. The molecule has 2 atom stereocenters. The molecule has 1 amide bonds. The Labute approximate surface area is 132 Å². The van der Waals surface area contributed by atoms with E-state index in [1.54, 1.807) is 0 Å². The SMILES string of the molecule is C=CCN(CC)CCCC(C)NC(=O)C(C)CC(C)(C)C. The number of hydrogen-bond donors (Lipinski definition) is 1. The summed E-state index contributed by atoms with van der Waals surface area (Å²) in [5.41, 5.74) is 0.201. The van der Waals surface area contributed by atoms with Crippen LogP contribution in [-0.2, 0) is 4.79 Å². The van der Waals surface area contributed by atoms with Crippen molar-refractivity contribution in [2.24, 2.45) is 11.3 Å². The summed E-state index contributed by atoms with van der Waals surface area (Å²) in [6, 6.07) is 0.252. The Kier molecular flexibility index (Phi) is 9.60. The first-order valence-corrected chi connectivity index (χ1v) is 8.33. The van der Waals surface area contributed by atoms with Crippen LogP contribution in [0.5, 0.6) is 0 Å². The molecule has 1 N–H and O–H groups in total. The zero-order valence-corrected chi connectivity index (χ0v) is 15.0. The van der Waals surface area contributed by atoms with Crippen molar-refractivity contribution in [1.82, 2.24) is 10.2 Å². The topological polar surface area (TPSA) is 32.3 Å². The number of nitrogens with zero attached hydrogens (tertiary/aromatic N) is 1. The van der Waals surface area contributed by atoms with Crippen LogP contribution < -0.4 is 5.32 Å². The van der Waals surface area contributed by atoms with Crippen LogP contribution in [0.4, 0.5) is 0 Å². The van der Waals surface area contributed by atoms with Crippen molar-refractivity contribution in [3.8, 4) is 0 Å². The monoisotopic (exact) mass is 296 g/mol. The van der Waals surface area contributed by atoms with Crippen LogP contribution >= 0.6 is 0 Å². The lowest BCUT2D eigenvalue weighted by molar-refractivity contribution is -0.126. The van der Waals surface area contributed by atoms with Crippen molar-refractivity contribution >= 4 is 5.91 Å². The third-order valence-corrected chi connectivity index (χ3v) is 3.70. The predicted octanol–water partition coefficient (Wildman–Crippen LogP) is 3.85. The molecule has 2 unspecified atom stereocenters. The van der Waals surface area contributed by atoms with Crippen LogP contribution in [0.3, 0.4) is 0 Å². The smallest absolute Gasteiger partial charge is 0.223 e. The van der Waals surface area contributed by atoms with Crippen LogP contribution in [0, 0.1) is 11.3 Å². The van der Waals surface area contributed by atoms with Crippen LogP contribution in [-0.4, -0.2) is 36.5 Å². The Morgan fingerprint density at radius 1 is 1.33 bits per heavy atom. The molecule has 0 saturated heterocycles. The molecule has 0 aromatic heterocycles. The molecule has 124 valence electrons. The van der Waals surface area contributed by atoms with E-state index in [4.69, 9.17) is 0 Å². The number of rotatable bonds is 10. The summed E-state index contributed by atoms with van der Waals surface area (Å²) in [4.78, 5) is 14.5. The molecule has 21 heavy (non-hydrogen) atoms. The van der Waals surface area contributed by atoms with Gasteiger partial charge in [-0.2, -0.15) is 0 Å². The normalized spacial score (nSPS) is 14.8. The molecule has 0 heterocycles. The quantitative estimate of drug-likeness (QED) is 0.621. The maximum atomic E-state index is 12.2. The molecule has 0 aliphatic heterocycles. The highest BCUT2D eigenvalue weighted by Crippen LogP contribution is 2.24. The van der Waals surface area contributed by atoms with Gasteiger partial charge in [-0.05, 0) is 44.7 Å². The molecule has 0 fully saturated rings. The van der Waals surface area contributed by atoms with Crippen molar-refractivity contribution in [2.75, 3.05) is 19.6 Å². The zero-order chi connectivity index (χ0) is 16.5. The van der Waals surface area contributed by atoms with E-state index >= 15 is 0 Å². The second kappa shape index (κ2) is 9.99. The van der Waals surface area contributed by atoms with Crippen molar-refractivity contribution in [2.45, 2.75) is 66.8 Å². The van der Waals surface area contributed by atoms with Gasteiger partial charge < -0.3 is 5.32 Å². The number of carbonyl (C=O) groups is 1. The van der Waals surface area contributed by atoms with Gasteiger partial charge in [0.2, 0.25) is 5.91 Å². The summed E-state index contributed by atoms with van der Waals surface area (Å²) in [6.07, 6.45) is 5.01. The Morgan fingerprint density at radius 2 is 1.95 bits per heavy atom. The fraction of sp³-hybridized carbons (Fsp3) is 0.833. The van der Waals surface area contributed by atoms with Gasteiger partial charge in [-0.1, -0.05) is 40.7 Å². The van der Waals surface area contributed by atoms with E-state index in [-0.39, 0.29) is 23.3 Å². The van der Waals surface area contributed by atoms with E-state index < -0.39 is 0 Å². The van der Waals surface area contributed by atoms with Gasteiger partial charge in [0.15, 0.2) is 0 Å². The van der Waals surface area contributed by atoms with Gasteiger partial charge in [0, 0.05) is 18.5 Å². The number of nitrogens with one attached hydrogen (secondary N) is 1. The number of hydrogen-bond acceptors (Lipinski definition) is 2. The minimum atomic E-state index is 0.0837. The van der Waals surface area contributed by atoms with E-state index in [0.717, 1.165) is 38.9 Å². The summed E-state index contributed by atoms with van der Waals surface area (Å²) in [6.45, 7) is 19.7. The van der Waals surface area contributed by atoms with Gasteiger partial charge in [0.05, 0.1) is 0 Å². The number of likely N-dealkylation sites (N-methyl/N-ethyl adjacent to an activating group) is 1. The number of carbonyl (C=O) groups excluding carboxylic acids is 1. The molecule has 0 aromatic carbocycles. The molecule has 0 aromatic rings. The first-order valence-electron chi connectivity index (χ1n) is 8.33. The molecular formula is C18H36N2O. The van der Waals surface area contributed by atoms with Crippen LogP contribution in [0.2, 0.25) is 0 Å². The van der Waals surface area contributed by atoms with E-state index in [0.29, 0.717) is 0 Å². The molecule has 0 aliphatic rings. The van der Waals surface area contributed by atoms with Crippen molar-refractivity contribution in [3.05, 3.63) is 12.7 Å². The minimum Gasteiger partial charge on any atom is -0.353 e. The van der Waals surface area contributed by atoms with Gasteiger partial charge in [-0.15, -0.1) is 6.58 Å². The van der Waals surface area contributed by atoms with Gasteiger partial charge in [0.1, 0.15) is 0 Å². The fourth-order valence-electron chi connectivity index (χ4n) is 2.65. The van der Waals surface area contributed by atoms with Gasteiger partial charge in [0.25, 0.3) is 0 Å². The predicted molar refractivity (Wildman–Crippen MR) is 92.4 cm³/mol. The lowest BCUT2D eigenvalue weighted by Gasteiger charge is -2.24. The Morgan fingerprint density at radius 3 is 2.43 bits per heavy atom. The second-order valence-electron chi connectivity index (χ2n) is 7.40. The van der Waals surface area contributed by atoms with Crippen molar-refractivity contribution < 1.29 is 4.79 Å². The molecule has 0 aliphatic carbocycles. The second-order valence-corrected chi connectivity index (χ2v) is 7.40. The number of amides is 1. The lowest BCUT2D eigenvalue weighted by atomic mass is 9.85. The highest BCUT2D eigenvalue weighted by atomic mass is 16.1. The first kappa shape index (κ1) is 20.2. The van der Waals surface area contributed by atoms with E-state index in [1.165, 1.54) is 0 Å². The minimum absolute atomic E-state index is 0.0837. The molecule has 0 radical (unpaired) electrons. The van der Waals surface area contributed by atoms with E-state index in [1.807, 2.05) is 13.0 Å². The molecule has 3 nitrogen and oxygen atoms in total. The zero-order valence-electron chi connectivity index (χ0n) is 15.0. The average molecular weight is 296 g/mol. The van der Waals surface area contributed by atoms with Gasteiger partial charge >= 0.3 is 0 Å². The standard InChI is InChI=1S/C18H36N2O/c1-8-12-20(9-2)13-10-11-16(4)19-17(21)15(3)14-18(5,6)7/h8,15-16H,1,9-14H2,2-7H3,(H,19,21). The molecule has 0 bridgehead atoms. The Bertz CT molecular complexity index is 307.